The number of pyridine rings is 1. The maximum atomic E-state index is 13.0. The zero-order chi connectivity index (χ0) is 21.3. The Bertz CT molecular complexity index is 995. The Kier molecular flexibility index (Phi) is 9.51. The lowest BCUT2D eigenvalue weighted by Gasteiger charge is -2.14. The molecule has 0 amide bonds. The van der Waals surface area contributed by atoms with Gasteiger partial charge in [-0.3, -0.25) is 4.99 Å². The number of nitrogens with one attached hydrogen (secondary N) is 2. The molecule has 2 N–H and O–H groups in total. The van der Waals surface area contributed by atoms with E-state index < -0.39 is 0 Å². The molecule has 0 bridgehead atoms. The van der Waals surface area contributed by atoms with Crippen LogP contribution in [0.1, 0.15) is 16.7 Å². The predicted octanol–water partition coefficient (Wildman–Crippen LogP) is 4.81. The first-order chi connectivity index (χ1) is 14.6. The smallest absolute Gasteiger partial charge is 0.219 e. The second kappa shape index (κ2) is 12.1. The molecular weight excluding hydrogens is 510 g/mol. The molecular formula is C23H26FIN4O2. The van der Waals surface area contributed by atoms with E-state index >= 15 is 0 Å². The standard InChI is InChI=1S/C23H25FN4O2.HI/c1-16-4-6-18(21(12-16)29-3)15-28-23(25-2)27-14-17-5-11-22(26-13-17)30-20-9-7-19(24)8-10-20;/h4-13H,14-15H2,1-3H3,(H2,25,27,28);1H. The van der Waals surface area contributed by atoms with Crippen LogP contribution in [0.25, 0.3) is 0 Å². The highest BCUT2D eigenvalue weighted by atomic mass is 127. The van der Waals surface area contributed by atoms with Gasteiger partial charge < -0.3 is 20.1 Å². The summed E-state index contributed by atoms with van der Waals surface area (Å²) < 4.78 is 24.0. The third kappa shape index (κ3) is 7.39. The van der Waals surface area contributed by atoms with Gasteiger partial charge >= 0.3 is 0 Å². The zero-order valence-corrected chi connectivity index (χ0v) is 20.0. The molecule has 6 nitrogen and oxygen atoms in total. The van der Waals surface area contributed by atoms with Crippen molar-refractivity contribution in [2.75, 3.05) is 14.2 Å². The second-order valence-electron chi connectivity index (χ2n) is 6.66. The summed E-state index contributed by atoms with van der Waals surface area (Å²) in [6.45, 7) is 3.17. The van der Waals surface area contributed by atoms with Crippen LogP contribution in [0.2, 0.25) is 0 Å². The van der Waals surface area contributed by atoms with Gasteiger partial charge in [0.2, 0.25) is 5.88 Å². The summed E-state index contributed by atoms with van der Waals surface area (Å²) in [5.74, 6) is 2.19. The second-order valence-corrected chi connectivity index (χ2v) is 6.66. The van der Waals surface area contributed by atoms with Crippen molar-refractivity contribution in [2.45, 2.75) is 20.0 Å². The Balaban J connectivity index is 0.00000341. The first-order valence-corrected chi connectivity index (χ1v) is 9.54. The first-order valence-electron chi connectivity index (χ1n) is 9.54. The molecule has 8 heteroatoms. The highest BCUT2D eigenvalue weighted by Gasteiger charge is 2.05. The summed E-state index contributed by atoms with van der Waals surface area (Å²) in [5, 5.41) is 6.54. The van der Waals surface area contributed by atoms with E-state index in [0.29, 0.717) is 30.7 Å². The molecule has 0 radical (unpaired) electrons. The zero-order valence-electron chi connectivity index (χ0n) is 17.7. The topological polar surface area (TPSA) is 67.8 Å². The van der Waals surface area contributed by atoms with Gasteiger partial charge in [-0.25, -0.2) is 9.37 Å². The van der Waals surface area contributed by atoms with Crippen molar-refractivity contribution in [1.82, 2.24) is 15.6 Å². The third-order valence-corrected chi connectivity index (χ3v) is 4.41. The molecule has 1 aromatic heterocycles. The number of hydrogen-bond acceptors (Lipinski definition) is 4. The molecule has 0 aliphatic carbocycles. The van der Waals surface area contributed by atoms with E-state index in [2.05, 4.69) is 26.7 Å². The van der Waals surface area contributed by atoms with Crippen molar-refractivity contribution in [3.63, 3.8) is 0 Å². The monoisotopic (exact) mass is 536 g/mol. The fraction of sp³-hybridized carbons (Fsp3) is 0.217. The normalized spacial score (nSPS) is 10.8. The average Bonchev–Trinajstić information content (AvgIpc) is 2.77. The molecule has 164 valence electrons. The van der Waals surface area contributed by atoms with Crippen LogP contribution in [0.5, 0.6) is 17.4 Å². The number of nitrogens with zero attached hydrogens (tertiary/aromatic N) is 2. The quantitative estimate of drug-likeness (QED) is 0.258. The minimum Gasteiger partial charge on any atom is -0.496 e. The first kappa shape index (κ1) is 24.4. The number of hydrogen-bond donors (Lipinski definition) is 2. The van der Waals surface area contributed by atoms with E-state index in [0.717, 1.165) is 22.4 Å². The number of rotatable bonds is 7. The maximum Gasteiger partial charge on any atom is 0.219 e. The SMILES string of the molecule is CN=C(NCc1ccc(Oc2ccc(F)cc2)nc1)NCc1ccc(C)cc1OC.I. The number of methoxy groups -OCH3 is 1. The summed E-state index contributed by atoms with van der Waals surface area (Å²) in [5.41, 5.74) is 3.17. The Morgan fingerprint density at radius 3 is 2.42 bits per heavy atom. The molecule has 2 aromatic carbocycles. The van der Waals surface area contributed by atoms with Gasteiger partial charge in [-0.15, -0.1) is 24.0 Å². The molecule has 0 aliphatic rings. The van der Waals surface area contributed by atoms with Gasteiger partial charge in [0.25, 0.3) is 0 Å². The molecule has 0 aliphatic heterocycles. The van der Waals surface area contributed by atoms with E-state index in [4.69, 9.17) is 9.47 Å². The molecule has 0 spiro atoms. The maximum absolute atomic E-state index is 13.0. The molecule has 3 aromatic rings. The number of aliphatic imine (C=N–C) groups is 1. The highest BCUT2D eigenvalue weighted by molar-refractivity contribution is 14.0. The molecule has 0 atom stereocenters. The van der Waals surface area contributed by atoms with E-state index in [1.54, 1.807) is 38.6 Å². The molecule has 0 saturated carbocycles. The summed E-state index contributed by atoms with van der Waals surface area (Å²) in [6.07, 6.45) is 1.72. The Morgan fingerprint density at radius 2 is 1.77 bits per heavy atom. The van der Waals surface area contributed by atoms with Crippen LogP contribution < -0.4 is 20.1 Å². The summed E-state index contributed by atoms with van der Waals surface area (Å²) in [6, 6.07) is 15.6. The fourth-order valence-electron chi connectivity index (χ4n) is 2.78. The largest absolute Gasteiger partial charge is 0.496 e. The fourth-order valence-corrected chi connectivity index (χ4v) is 2.78. The lowest BCUT2D eigenvalue weighted by Crippen LogP contribution is -2.36. The molecule has 31 heavy (non-hydrogen) atoms. The van der Waals surface area contributed by atoms with Crippen LogP contribution in [0.4, 0.5) is 4.39 Å². The van der Waals surface area contributed by atoms with Crippen LogP contribution in [-0.2, 0) is 13.1 Å². The van der Waals surface area contributed by atoms with Gasteiger partial charge in [0.15, 0.2) is 5.96 Å². The number of guanidine groups is 1. The summed E-state index contributed by atoms with van der Waals surface area (Å²) in [7, 11) is 3.39. The van der Waals surface area contributed by atoms with E-state index in [-0.39, 0.29) is 29.8 Å². The summed E-state index contributed by atoms with van der Waals surface area (Å²) >= 11 is 0. The van der Waals surface area contributed by atoms with Gasteiger partial charge in [-0.05, 0) is 48.4 Å². The Hall–Kier alpha value is -2.88. The minimum absolute atomic E-state index is 0. The van der Waals surface area contributed by atoms with Crippen LogP contribution >= 0.6 is 24.0 Å². The van der Waals surface area contributed by atoms with Crippen molar-refractivity contribution in [3.05, 3.63) is 83.3 Å². The summed E-state index contributed by atoms with van der Waals surface area (Å²) in [4.78, 5) is 8.54. The number of benzene rings is 2. The van der Waals surface area contributed by atoms with Gasteiger partial charge in [-0.2, -0.15) is 0 Å². The third-order valence-electron chi connectivity index (χ3n) is 4.41. The molecule has 1 heterocycles. The number of halogens is 2. The van der Waals surface area contributed by atoms with Crippen LogP contribution in [0.3, 0.4) is 0 Å². The van der Waals surface area contributed by atoms with Gasteiger partial charge in [0, 0.05) is 38.0 Å². The lowest BCUT2D eigenvalue weighted by molar-refractivity contribution is 0.408. The number of ether oxygens (including phenoxy) is 2. The average molecular weight is 536 g/mol. The Morgan fingerprint density at radius 1 is 1.03 bits per heavy atom. The van der Waals surface area contributed by atoms with Crippen molar-refractivity contribution in [2.24, 2.45) is 4.99 Å². The minimum atomic E-state index is -0.306. The predicted molar refractivity (Wildman–Crippen MR) is 131 cm³/mol. The van der Waals surface area contributed by atoms with Gasteiger partial charge in [0.05, 0.1) is 7.11 Å². The van der Waals surface area contributed by atoms with Crippen molar-refractivity contribution >= 4 is 29.9 Å². The highest BCUT2D eigenvalue weighted by Crippen LogP contribution is 2.20. The van der Waals surface area contributed by atoms with Gasteiger partial charge in [-0.1, -0.05) is 18.2 Å². The van der Waals surface area contributed by atoms with E-state index in [9.17, 15) is 4.39 Å². The molecule has 3 rings (SSSR count). The van der Waals surface area contributed by atoms with Crippen LogP contribution in [0.15, 0.2) is 65.8 Å². The number of aromatic nitrogens is 1. The van der Waals surface area contributed by atoms with Crippen molar-refractivity contribution < 1.29 is 13.9 Å². The molecule has 0 saturated heterocycles. The van der Waals surface area contributed by atoms with E-state index in [1.807, 2.05) is 25.1 Å². The Labute approximate surface area is 198 Å². The van der Waals surface area contributed by atoms with Gasteiger partial charge in [0.1, 0.15) is 17.3 Å². The van der Waals surface area contributed by atoms with Crippen molar-refractivity contribution in [3.8, 4) is 17.4 Å². The number of aryl methyl sites for hydroxylation is 1. The lowest BCUT2D eigenvalue weighted by atomic mass is 10.1. The van der Waals surface area contributed by atoms with Crippen molar-refractivity contribution in [1.29, 1.82) is 0 Å². The van der Waals surface area contributed by atoms with E-state index in [1.165, 1.54) is 12.1 Å². The van der Waals surface area contributed by atoms with Crippen LogP contribution in [0, 0.1) is 12.7 Å². The molecule has 0 unspecified atom stereocenters. The molecule has 0 fully saturated rings. The van der Waals surface area contributed by atoms with Crippen LogP contribution in [-0.4, -0.2) is 25.1 Å².